The molecular weight excluding hydrogens is 324 g/mol. The van der Waals surface area contributed by atoms with Crippen molar-refractivity contribution in [2.24, 2.45) is 5.92 Å². The summed E-state index contributed by atoms with van der Waals surface area (Å²) >= 11 is 0. The van der Waals surface area contributed by atoms with Crippen molar-refractivity contribution in [3.63, 3.8) is 0 Å². The predicted octanol–water partition coefficient (Wildman–Crippen LogP) is 3.68. The third kappa shape index (κ3) is 5.87. The van der Waals surface area contributed by atoms with Crippen LogP contribution >= 0.6 is 12.4 Å². The molecule has 2 aromatic carbocycles. The number of benzene rings is 2. The largest absolute Gasteiger partial charge is 0.457 e. The minimum absolute atomic E-state index is 0. The van der Waals surface area contributed by atoms with Gasteiger partial charge in [0.25, 0.3) is 0 Å². The highest BCUT2D eigenvalue weighted by Crippen LogP contribution is 2.25. The summed E-state index contributed by atoms with van der Waals surface area (Å²) in [6.45, 7) is 5.06. The van der Waals surface area contributed by atoms with Crippen molar-refractivity contribution in [1.82, 2.24) is 10.6 Å². The van der Waals surface area contributed by atoms with Crippen molar-refractivity contribution in [3.8, 4) is 11.5 Å². The zero-order valence-corrected chi connectivity index (χ0v) is 15.2. The molecule has 0 fully saturated rings. The number of aryl methyl sites for hydroxylation is 1. The SMILES string of the molecule is CNCC(C)C(=O)NCc1ccccc1Oc1ccc(C)cc1.Cl. The average molecular weight is 349 g/mol. The van der Waals surface area contributed by atoms with Gasteiger partial charge in [0.2, 0.25) is 5.91 Å². The molecule has 1 amide bonds. The van der Waals surface area contributed by atoms with Gasteiger partial charge in [0, 0.05) is 24.6 Å². The number of hydrogen-bond acceptors (Lipinski definition) is 3. The van der Waals surface area contributed by atoms with E-state index in [9.17, 15) is 4.79 Å². The maximum absolute atomic E-state index is 12.0. The van der Waals surface area contributed by atoms with Crippen molar-refractivity contribution < 1.29 is 9.53 Å². The third-order valence-corrected chi connectivity index (χ3v) is 3.63. The molecule has 0 spiro atoms. The lowest BCUT2D eigenvalue weighted by Gasteiger charge is -2.14. The van der Waals surface area contributed by atoms with Gasteiger partial charge in [-0.1, -0.05) is 42.8 Å². The third-order valence-electron chi connectivity index (χ3n) is 3.63. The van der Waals surface area contributed by atoms with E-state index in [-0.39, 0.29) is 24.2 Å². The van der Waals surface area contributed by atoms with Crippen LogP contribution in [0.5, 0.6) is 11.5 Å². The summed E-state index contributed by atoms with van der Waals surface area (Å²) < 4.78 is 5.94. The van der Waals surface area contributed by atoms with E-state index >= 15 is 0 Å². The number of hydrogen-bond donors (Lipinski definition) is 2. The second-order valence-corrected chi connectivity index (χ2v) is 5.70. The van der Waals surface area contributed by atoms with Crippen LogP contribution in [-0.4, -0.2) is 19.5 Å². The van der Waals surface area contributed by atoms with Crippen LogP contribution < -0.4 is 15.4 Å². The molecule has 0 radical (unpaired) electrons. The summed E-state index contributed by atoms with van der Waals surface area (Å²) in [5, 5.41) is 5.97. The van der Waals surface area contributed by atoms with Crippen LogP contribution in [0, 0.1) is 12.8 Å². The van der Waals surface area contributed by atoms with Crippen molar-refractivity contribution in [2.75, 3.05) is 13.6 Å². The molecule has 0 aliphatic carbocycles. The Bertz CT molecular complexity index is 644. The first-order valence-corrected chi connectivity index (χ1v) is 7.85. The summed E-state index contributed by atoms with van der Waals surface area (Å²) in [6, 6.07) is 15.7. The molecule has 0 heterocycles. The van der Waals surface area contributed by atoms with Gasteiger partial charge in [-0.25, -0.2) is 0 Å². The minimum atomic E-state index is -0.0646. The fraction of sp³-hybridized carbons (Fsp3) is 0.316. The normalized spacial score (nSPS) is 11.3. The van der Waals surface area contributed by atoms with E-state index in [1.165, 1.54) is 5.56 Å². The molecule has 1 unspecified atom stereocenters. The van der Waals surface area contributed by atoms with Gasteiger partial charge < -0.3 is 15.4 Å². The Labute approximate surface area is 150 Å². The van der Waals surface area contributed by atoms with E-state index in [4.69, 9.17) is 4.74 Å². The van der Waals surface area contributed by atoms with Gasteiger partial charge in [0.15, 0.2) is 0 Å². The van der Waals surface area contributed by atoms with Crippen LogP contribution in [0.15, 0.2) is 48.5 Å². The topological polar surface area (TPSA) is 50.4 Å². The monoisotopic (exact) mass is 348 g/mol. The fourth-order valence-corrected chi connectivity index (χ4v) is 2.24. The van der Waals surface area contributed by atoms with E-state index in [1.807, 2.05) is 69.4 Å². The summed E-state index contributed by atoms with van der Waals surface area (Å²) in [4.78, 5) is 12.0. The van der Waals surface area contributed by atoms with Gasteiger partial charge in [0.1, 0.15) is 11.5 Å². The molecule has 5 heteroatoms. The average Bonchev–Trinajstić information content (AvgIpc) is 2.56. The molecule has 130 valence electrons. The van der Waals surface area contributed by atoms with Gasteiger partial charge in [-0.05, 0) is 32.2 Å². The second-order valence-electron chi connectivity index (χ2n) is 5.70. The summed E-state index contributed by atoms with van der Waals surface area (Å²) in [5.74, 6) is 1.52. The summed E-state index contributed by atoms with van der Waals surface area (Å²) in [5.41, 5.74) is 2.15. The Kier molecular flexibility index (Phi) is 8.30. The quantitative estimate of drug-likeness (QED) is 0.802. The Hall–Kier alpha value is -2.04. The second kappa shape index (κ2) is 9.96. The van der Waals surface area contributed by atoms with E-state index in [0.29, 0.717) is 13.1 Å². The zero-order chi connectivity index (χ0) is 16.7. The number of carbonyl (C=O) groups is 1. The van der Waals surface area contributed by atoms with Crippen molar-refractivity contribution in [3.05, 3.63) is 59.7 Å². The van der Waals surface area contributed by atoms with Crippen LogP contribution in [-0.2, 0) is 11.3 Å². The molecular formula is C19H25ClN2O2. The molecule has 4 nitrogen and oxygen atoms in total. The molecule has 0 bridgehead atoms. The Morgan fingerprint density at radius 1 is 1.12 bits per heavy atom. The molecule has 0 aliphatic rings. The summed E-state index contributed by atoms with van der Waals surface area (Å²) in [7, 11) is 1.84. The van der Waals surface area contributed by atoms with Crippen LogP contribution in [0.2, 0.25) is 0 Å². The van der Waals surface area contributed by atoms with Crippen LogP contribution in [0.25, 0.3) is 0 Å². The standard InChI is InChI=1S/C19H24N2O2.ClH/c1-14-8-10-17(11-9-14)23-18-7-5-4-6-16(18)13-21-19(22)15(2)12-20-3;/h4-11,15,20H,12-13H2,1-3H3,(H,21,22);1H. The number of nitrogens with one attached hydrogen (secondary N) is 2. The van der Waals surface area contributed by atoms with Gasteiger partial charge >= 0.3 is 0 Å². The molecule has 2 N–H and O–H groups in total. The first kappa shape index (κ1) is 20.0. The molecule has 2 rings (SSSR count). The van der Waals surface area contributed by atoms with E-state index in [0.717, 1.165) is 17.1 Å². The first-order valence-electron chi connectivity index (χ1n) is 7.85. The maximum Gasteiger partial charge on any atom is 0.224 e. The number of carbonyl (C=O) groups excluding carboxylic acids is 1. The Balaban J connectivity index is 0.00000288. The number of rotatable bonds is 7. The van der Waals surface area contributed by atoms with Crippen LogP contribution in [0.3, 0.4) is 0 Å². The van der Waals surface area contributed by atoms with Crippen molar-refractivity contribution >= 4 is 18.3 Å². The van der Waals surface area contributed by atoms with E-state index < -0.39 is 0 Å². The highest BCUT2D eigenvalue weighted by Gasteiger charge is 2.12. The number of ether oxygens (including phenoxy) is 1. The van der Waals surface area contributed by atoms with Crippen molar-refractivity contribution in [2.45, 2.75) is 20.4 Å². The number of amides is 1. The highest BCUT2D eigenvalue weighted by molar-refractivity contribution is 5.85. The Morgan fingerprint density at radius 3 is 2.46 bits per heavy atom. The lowest BCUT2D eigenvalue weighted by atomic mass is 10.1. The van der Waals surface area contributed by atoms with Gasteiger partial charge in [-0.3, -0.25) is 4.79 Å². The molecule has 24 heavy (non-hydrogen) atoms. The Morgan fingerprint density at radius 2 is 1.79 bits per heavy atom. The van der Waals surface area contributed by atoms with Gasteiger partial charge in [-0.15, -0.1) is 12.4 Å². The lowest BCUT2D eigenvalue weighted by molar-refractivity contribution is -0.124. The molecule has 2 aromatic rings. The lowest BCUT2D eigenvalue weighted by Crippen LogP contribution is -2.33. The number of halogens is 1. The maximum atomic E-state index is 12.0. The zero-order valence-electron chi connectivity index (χ0n) is 14.3. The highest BCUT2D eigenvalue weighted by atomic mass is 35.5. The molecule has 1 atom stereocenters. The molecule has 0 aromatic heterocycles. The molecule has 0 aliphatic heterocycles. The smallest absolute Gasteiger partial charge is 0.224 e. The van der Waals surface area contributed by atoms with Crippen molar-refractivity contribution in [1.29, 1.82) is 0 Å². The van der Waals surface area contributed by atoms with Crippen LogP contribution in [0.4, 0.5) is 0 Å². The number of para-hydroxylation sites is 1. The van der Waals surface area contributed by atoms with Gasteiger partial charge in [-0.2, -0.15) is 0 Å². The predicted molar refractivity (Wildman–Crippen MR) is 99.9 cm³/mol. The van der Waals surface area contributed by atoms with E-state index in [2.05, 4.69) is 10.6 Å². The fourth-order valence-electron chi connectivity index (χ4n) is 2.24. The molecule has 0 saturated heterocycles. The summed E-state index contributed by atoms with van der Waals surface area (Å²) in [6.07, 6.45) is 0. The molecule has 0 saturated carbocycles. The minimum Gasteiger partial charge on any atom is -0.457 e. The van der Waals surface area contributed by atoms with Gasteiger partial charge in [0.05, 0.1) is 0 Å². The van der Waals surface area contributed by atoms with E-state index in [1.54, 1.807) is 0 Å². The van der Waals surface area contributed by atoms with Crippen LogP contribution in [0.1, 0.15) is 18.1 Å². The first-order chi connectivity index (χ1) is 11.1.